The second-order valence-corrected chi connectivity index (χ2v) is 6.89. The van der Waals surface area contributed by atoms with Crippen LogP contribution in [0.3, 0.4) is 0 Å². The van der Waals surface area contributed by atoms with Crippen LogP contribution in [0.1, 0.15) is 32.8 Å². The van der Waals surface area contributed by atoms with Crippen molar-refractivity contribution in [2.45, 2.75) is 38.2 Å². The van der Waals surface area contributed by atoms with Crippen LogP contribution < -0.4 is 0 Å². The first-order valence-corrected chi connectivity index (χ1v) is 8.59. The molecule has 0 fully saturated rings. The normalized spacial score (nSPS) is 12.7. The second kappa shape index (κ2) is 7.19. The third kappa shape index (κ3) is 5.16. The molecular formula is C15H21Br2FO. The molecule has 0 saturated heterocycles. The standard InChI is InChI=1S/C15H21Br2FO/c1-14(2,3)19-9-8-15(10-16,11-17)12-4-6-13(18)7-5-12/h4-7H,8-11H2,1-3H3. The van der Waals surface area contributed by atoms with Gasteiger partial charge in [-0.25, -0.2) is 4.39 Å². The van der Waals surface area contributed by atoms with E-state index in [9.17, 15) is 4.39 Å². The highest BCUT2D eigenvalue weighted by molar-refractivity contribution is 9.09. The van der Waals surface area contributed by atoms with Crippen LogP contribution >= 0.6 is 31.9 Å². The highest BCUT2D eigenvalue weighted by Gasteiger charge is 2.30. The third-order valence-electron chi connectivity index (χ3n) is 3.08. The molecule has 108 valence electrons. The van der Waals surface area contributed by atoms with Crippen molar-refractivity contribution >= 4 is 31.9 Å². The fraction of sp³-hybridized carbons (Fsp3) is 0.600. The van der Waals surface area contributed by atoms with E-state index in [0.717, 1.165) is 22.6 Å². The zero-order valence-electron chi connectivity index (χ0n) is 11.7. The molecule has 19 heavy (non-hydrogen) atoms. The van der Waals surface area contributed by atoms with Crippen LogP contribution in [0.25, 0.3) is 0 Å². The summed E-state index contributed by atoms with van der Waals surface area (Å²) in [5, 5.41) is 1.62. The molecule has 0 saturated carbocycles. The van der Waals surface area contributed by atoms with E-state index in [-0.39, 0.29) is 16.8 Å². The van der Waals surface area contributed by atoms with Crippen molar-refractivity contribution < 1.29 is 9.13 Å². The third-order valence-corrected chi connectivity index (χ3v) is 5.23. The largest absolute Gasteiger partial charge is 0.376 e. The van der Waals surface area contributed by atoms with Crippen molar-refractivity contribution in [1.29, 1.82) is 0 Å². The first kappa shape index (κ1) is 17.1. The smallest absolute Gasteiger partial charge is 0.123 e. The number of hydrogen-bond acceptors (Lipinski definition) is 1. The summed E-state index contributed by atoms with van der Waals surface area (Å²) >= 11 is 7.18. The van der Waals surface area contributed by atoms with Crippen LogP contribution in [-0.4, -0.2) is 22.9 Å². The number of hydrogen-bond donors (Lipinski definition) is 0. The number of alkyl halides is 2. The van der Waals surface area contributed by atoms with E-state index >= 15 is 0 Å². The van der Waals surface area contributed by atoms with Gasteiger partial charge in [0.05, 0.1) is 5.60 Å². The molecule has 0 spiro atoms. The van der Waals surface area contributed by atoms with Crippen molar-refractivity contribution in [2.75, 3.05) is 17.3 Å². The molecule has 0 radical (unpaired) electrons. The summed E-state index contributed by atoms with van der Waals surface area (Å²) in [5.41, 5.74) is 0.923. The highest BCUT2D eigenvalue weighted by atomic mass is 79.9. The quantitative estimate of drug-likeness (QED) is 0.611. The summed E-state index contributed by atoms with van der Waals surface area (Å²) in [6, 6.07) is 6.74. The molecule has 0 aliphatic carbocycles. The van der Waals surface area contributed by atoms with Crippen molar-refractivity contribution in [3.63, 3.8) is 0 Å². The van der Waals surface area contributed by atoms with Gasteiger partial charge in [0.15, 0.2) is 0 Å². The number of benzene rings is 1. The molecular weight excluding hydrogens is 375 g/mol. The monoisotopic (exact) mass is 394 g/mol. The maximum absolute atomic E-state index is 13.0. The molecule has 0 aliphatic heterocycles. The summed E-state index contributed by atoms with van der Waals surface area (Å²) in [6.07, 6.45) is 0.881. The molecule has 0 aliphatic rings. The molecule has 1 nitrogen and oxygen atoms in total. The minimum absolute atomic E-state index is 0.0705. The Kier molecular flexibility index (Phi) is 6.48. The van der Waals surface area contributed by atoms with E-state index in [4.69, 9.17) is 4.74 Å². The van der Waals surface area contributed by atoms with Crippen LogP contribution in [0.15, 0.2) is 24.3 Å². The summed E-state index contributed by atoms with van der Waals surface area (Å²) in [4.78, 5) is 0. The van der Waals surface area contributed by atoms with E-state index in [1.807, 2.05) is 12.1 Å². The van der Waals surface area contributed by atoms with Crippen molar-refractivity contribution in [1.82, 2.24) is 0 Å². The van der Waals surface area contributed by atoms with Gasteiger partial charge in [-0.1, -0.05) is 44.0 Å². The summed E-state index contributed by atoms with van der Waals surface area (Å²) in [5.74, 6) is -0.201. The molecule has 0 bridgehead atoms. The van der Waals surface area contributed by atoms with Crippen LogP contribution in [0.2, 0.25) is 0 Å². The molecule has 0 aromatic heterocycles. The first-order chi connectivity index (χ1) is 8.83. The van der Waals surface area contributed by atoms with Gasteiger partial charge < -0.3 is 4.74 Å². The average molecular weight is 396 g/mol. The fourth-order valence-electron chi connectivity index (χ4n) is 1.82. The summed E-state index contributed by atoms with van der Waals surface area (Å²) in [7, 11) is 0. The van der Waals surface area contributed by atoms with E-state index in [1.165, 1.54) is 12.1 Å². The minimum Gasteiger partial charge on any atom is -0.376 e. The second-order valence-electron chi connectivity index (χ2n) is 5.77. The van der Waals surface area contributed by atoms with E-state index in [1.54, 1.807) is 0 Å². The fourth-order valence-corrected chi connectivity index (χ4v) is 3.96. The van der Waals surface area contributed by atoms with Gasteiger partial charge in [0, 0.05) is 22.7 Å². The van der Waals surface area contributed by atoms with Gasteiger partial charge in [0.2, 0.25) is 0 Å². The Morgan fingerprint density at radius 3 is 2.00 bits per heavy atom. The predicted molar refractivity (Wildman–Crippen MR) is 86.0 cm³/mol. The highest BCUT2D eigenvalue weighted by Crippen LogP contribution is 2.33. The maximum Gasteiger partial charge on any atom is 0.123 e. The molecule has 1 rings (SSSR count). The maximum atomic E-state index is 13.0. The van der Waals surface area contributed by atoms with Gasteiger partial charge in [-0.3, -0.25) is 0 Å². The van der Waals surface area contributed by atoms with Gasteiger partial charge in [-0.15, -0.1) is 0 Å². The Balaban J connectivity index is 2.82. The van der Waals surface area contributed by atoms with E-state index in [2.05, 4.69) is 52.6 Å². The van der Waals surface area contributed by atoms with Gasteiger partial charge in [-0.05, 0) is 44.9 Å². The lowest BCUT2D eigenvalue weighted by Crippen LogP contribution is -2.33. The van der Waals surface area contributed by atoms with Crippen LogP contribution in [0.4, 0.5) is 4.39 Å². The molecule has 0 amide bonds. The summed E-state index contributed by atoms with van der Waals surface area (Å²) in [6.45, 7) is 6.83. The number of rotatable bonds is 6. The van der Waals surface area contributed by atoms with E-state index < -0.39 is 0 Å². The molecule has 4 heteroatoms. The van der Waals surface area contributed by atoms with Gasteiger partial charge in [0.1, 0.15) is 5.82 Å². The van der Waals surface area contributed by atoms with Gasteiger partial charge >= 0.3 is 0 Å². The minimum atomic E-state index is -0.201. The zero-order chi connectivity index (χ0) is 14.5. The number of ether oxygens (including phenoxy) is 1. The Morgan fingerprint density at radius 1 is 1.05 bits per heavy atom. The Bertz CT molecular complexity index is 380. The predicted octanol–water partition coefficient (Wildman–Crippen LogP) is 5.06. The molecule has 0 heterocycles. The molecule has 1 aromatic rings. The summed E-state index contributed by atoms with van der Waals surface area (Å²) < 4.78 is 18.9. The lowest BCUT2D eigenvalue weighted by molar-refractivity contribution is -0.00940. The van der Waals surface area contributed by atoms with Crippen molar-refractivity contribution in [3.8, 4) is 0 Å². The van der Waals surface area contributed by atoms with Gasteiger partial charge in [-0.2, -0.15) is 0 Å². The van der Waals surface area contributed by atoms with E-state index in [0.29, 0.717) is 6.61 Å². The Labute approximate surface area is 132 Å². The van der Waals surface area contributed by atoms with Crippen LogP contribution in [0, 0.1) is 5.82 Å². The lowest BCUT2D eigenvalue weighted by atomic mass is 9.81. The molecule has 0 atom stereocenters. The zero-order valence-corrected chi connectivity index (χ0v) is 14.9. The Hall–Kier alpha value is 0.0700. The molecule has 0 unspecified atom stereocenters. The van der Waals surface area contributed by atoms with Gasteiger partial charge in [0.25, 0.3) is 0 Å². The van der Waals surface area contributed by atoms with Crippen LogP contribution in [0.5, 0.6) is 0 Å². The number of halogens is 3. The molecule has 0 N–H and O–H groups in total. The topological polar surface area (TPSA) is 9.23 Å². The van der Waals surface area contributed by atoms with Crippen molar-refractivity contribution in [2.24, 2.45) is 0 Å². The van der Waals surface area contributed by atoms with Crippen molar-refractivity contribution in [3.05, 3.63) is 35.6 Å². The average Bonchev–Trinajstić information content (AvgIpc) is 2.35. The SMILES string of the molecule is CC(C)(C)OCCC(CBr)(CBr)c1ccc(F)cc1. The van der Waals surface area contributed by atoms with Crippen LogP contribution in [-0.2, 0) is 10.2 Å². The molecule has 1 aromatic carbocycles. The lowest BCUT2D eigenvalue weighted by Gasteiger charge is -2.32. The first-order valence-electron chi connectivity index (χ1n) is 6.35. The Morgan fingerprint density at radius 2 is 1.58 bits per heavy atom.